The number of carbonyl (C=O) groups is 1. The van der Waals surface area contributed by atoms with E-state index in [1.165, 1.54) is 6.42 Å². The van der Waals surface area contributed by atoms with E-state index >= 15 is 0 Å². The molecule has 0 aromatic carbocycles. The quantitative estimate of drug-likeness (QED) is 0.403. The van der Waals surface area contributed by atoms with Gasteiger partial charge in [-0.15, -0.1) is 0 Å². The lowest BCUT2D eigenvalue weighted by atomic mass is 10.2. The van der Waals surface area contributed by atoms with Crippen molar-refractivity contribution in [2.45, 2.75) is 25.7 Å². The smallest absolute Gasteiger partial charge is 0.119 e. The van der Waals surface area contributed by atoms with Gasteiger partial charge >= 0.3 is 0 Å². The first-order chi connectivity index (χ1) is 6.31. The molecular weight excluding hydrogens is 166 g/mol. The van der Waals surface area contributed by atoms with E-state index in [-0.39, 0.29) is 0 Å². The molecule has 0 atom stereocenters. The summed E-state index contributed by atoms with van der Waals surface area (Å²) in [6, 6.07) is 0. The lowest BCUT2D eigenvalue weighted by Gasteiger charge is -2.15. The van der Waals surface area contributed by atoms with Crippen molar-refractivity contribution < 1.29 is 9.53 Å². The van der Waals surface area contributed by atoms with Gasteiger partial charge in [0.2, 0.25) is 0 Å². The van der Waals surface area contributed by atoms with E-state index in [2.05, 4.69) is 11.9 Å². The second kappa shape index (κ2) is 9.68. The molecule has 0 saturated heterocycles. The second-order valence-corrected chi connectivity index (χ2v) is 3.31. The number of hydrogen-bond donors (Lipinski definition) is 0. The number of unbranched alkanes of at least 4 members (excludes halogenated alkanes) is 3. The Balaban J connectivity index is 3.07. The van der Waals surface area contributed by atoms with Crippen LogP contribution in [-0.2, 0) is 9.53 Å². The number of hydrogen-bond acceptors (Lipinski definition) is 3. The summed E-state index contributed by atoms with van der Waals surface area (Å²) in [6.45, 7) is 2.89. The van der Waals surface area contributed by atoms with Crippen LogP contribution in [0, 0.1) is 0 Å². The molecule has 0 spiro atoms. The molecule has 13 heavy (non-hydrogen) atoms. The predicted octanol–water partition coefficient (Wildman–Crippen LogP) is 1.32. The average molecular weight is 187 g/mol. The molecule has 0 amide bonds. The Hall–Kier alpha value is -0.410. The average Bonchev–Trinajstić information content (AvgIpc) is 2.14. The minimum Gasteiger partial charge on any atom is -0.383 e. The molecule has 0 aromatic rings. The molecule has 0 aliphatic rings. The highest BCUT2D eigenvalue weighted by molar-refractivity contribution is 5.48. The molecule has 0 heterocycles. The summed E-state index contributed by atoms with van der Waals surface area (Å²) in [4.78, 5) is 12.3. The predicted molar refractivity (Wildman–Crippen MR) is 53.9 cm³/mol. The van der Waals surface area contributed by atoms with Crippen LogP contribution in [0.15, 0.2) is 0 Å². The molecule has 3 nitrogen and oxygen atoms in total. The van der Waals surface area contributed by atoms with Crippen molar-refractivity contribution in [2.75, 3.05) is 33.9 Å². The van der Waals surface area contributed by atoms with Crippen LogP contribution in [0.3, 0.4) is 0 Å². The fourth-order valence-electron chi connectivity index (χ4n) is 1.15. The summed E-state index contributed by atoms with van der Waals surface area (Å²) in [7, 11) is 3.82. The minimum atomic E-state index is 0.710. The van der Waals surface area contributed by atoms with Crippen LogP contribution in [0.1, 0.15) is 25.7 Å². The first-order valence-corrected chi connectivity index (χ1v) is 4.92. The topological polar surface area (TPSA) is 29.5 Å². The largest absolute Gasteiger partial charge is 0.383 e. The molecule has 0 N–H and O–H groups in total. The normalized spacial score (nSPS) is 10.7. The number of carbonyl (C=O) groups excluding carboxylic acids is 1. The molecule has 0 rings (SSSR count). The van der Waals surface area contributed by atoms with Gasteiger partial charge in [0.25, 0.3) is 0 Å². The summed E-state index contributed by atoms with van der Waals surface area (Å²) < 4.78 is 4.97. The van der Waals surface area contributed by atoms with Gasteiger partial charge in [0, 0.05) is 20.1 Å². The van der Waals surface area contributed by atoms with Crippen LogP contribution >= 0.6 is 0 Å². The highest BCUT2D eigenvalue weighted by Gasteiger charge is 1.96. The van der Waals surface area contributed by atoms with Crippen LogP contribution in [-0.4, -0.2) is 45.0 Å². The Labute approximate surface area is 81.1 Å². The number of nitrogens with zero attached hydrogens (tertiary/aromatic N) is 1. The molecule has 0 radical (unpaired) electrons. The maximum absolute atomic E-state index is 10.0. The Kier molecular flexibility index (Phi) is 9.37. The van der Waals surface area contributed by atoms with Crippen LogP contribution in [0.4, 0.5) is 0 Å². The molecule has 0 aliphatic carbocycles. The molecule has 0 unspecified atom stereocenters. The SMILES string of the molecule is COCCN(C)CCCCCC=O. The van der Waals surface area contributed by atoms with Gasteiger partial charge < -0.3 is 14.4 Å². The van der Waals surface area contributed by atoms with Gasteiger partial charge in [-0.3, -0.25) is 0 Å². The number of likely N-dealkylation sites (N-methyl/N-ethyl adjacent to an activating group) is 1. The molecule has 0 fully saturated rings. The monoisotopic (exact) mass is 187 g/mol. The molecule has 0 saturated carbocycles. The van der Waals surface area contributed by atoms with Gasteiger partial charge in [-0.1, -0.05) is 6.42 Å². The Morgan fingerprint density at radius 3 is 2.62 bits per heavy atom. The van der Waals surface area contributed by atoms with Gasteiger partial charge in [0.15, 0.2) is 0 Å². The van der Waals surface area contributed by atoms with Crippen molar-refractivity contribution in [2.24, 2.45) is 0 Å². The molecule has 0 aliphatic heterocycles. The lowest BCUT2D eigenvalue weighted by Crippen LogP contribution is -2.23. The highest BCUT2D eigenvalue weighted by Crippen LogP contribution is 1.99. The highest BCUT2D eigenvalue weighted by atomic mass is 16.5. The maximum atomic E-state index is 10.0. The van der Waals surface area contributed by atoms with Gasteiger partial charge in [0.1, 0.15) is 6.29 Å². The van der Waals surface area contributed by atoms with Crippen LogP contribution in [0.2, 0.25) is 0 Å². The lowest BCUT2D eigenvalue weighted by molar-refractivity contribution is -0.107. The van der Waals surface area contributed by atoms with Crippen LogP contribution in [0.5, 0.6) is 0 Å². The van der Waals surface area contributed by atoms with E-state index in [0.29, 0.717) is 6.42 Å². The van der Waals surface area contributed by atoms with Crippen molar-refractivity contribution in [3.05, 3.63) is 0 Å². The summed E-state index contributed by atoms with van der Waals surface area (Å²) >= 11 is 0. The van der Waals surface area contributed by atoms with E-state index < -0.39 is 0 Å². The van der Waals surface area contributed by atoms with E-state index in [1.54, 1.807) is 7.11 Å². The molecule has 3 heteroatoms. The Morgan fingerprint density at radius 2 is 2.00 bits per heavy atom. The molecule has 78 valence electrons. The van der Waals surface area contributed by atoms with Gasteiger partial charge in [-0.2, -0.15) is 0 Å². The van der Waals surface area contributed by atoms with Gasteiger partial charge in [0.05, 0.1) is 6.61 Å². The standard InChI is InChI=1S/C10H21NO2/c1-11(8-10-13-2)7-5-3-4-6-9-12/h9H,3-8,10H2,1-2H3. The van der Waals surface area contributed by atoms with Gasteiger partial charge in [-0.05, 0) is 26.4 Å². The number of rotatable bonds is 9. The van der Waals surface area contributed by atoms with Gasteiger partial charge in [-0.25, -0.2) is 0 Å². The van der Waals surface area contributed by atoms with Crippen molar-refractivity contribution in [1.29, 1.82) is 0 Å². The molecule has 0 aromatic heterocycles. The van der Waals surface area contributed by atoms with E-state index in [1.807, 2.05) is 0 Å². The van der Waals surface area contributed by atoms with Crippen molar-refractivity contribution >= 4 is 6.29 Å². The first-order valence-electron chi connectivity index (χ1n) is 4.92. The third-order valence-electron chi connectivity index (χ3n) is 2.04. The number of methoxy groups -OCH3 is 1. The Morgan fingerprint density at radius 1 is 1.23 bits per heavy atom. The van der Waals surface area contributed by atoms with E-state index in [4.69, 9.17) is 4.74 Å². The minimum absolute atomic E-state index is 0.710. The summed E-state index contributed by atoms with van der Waals surface area (Å²) in [5, 5.41) is 0. The fraction of sp³-hybridized carbons (Fsp3) is 0.900. The zero-order valence-corrected chi connectivity index (χ0v) is 8.79. The number of ether oxygens (including phenoxy) is 1. The first kappa shape index (κ1) is 12.6. The third-order valence-corrected chi connectivity index (χ3v) is 2.04. The number of aldehydes is 1. The zero-order valence-electron chi connectivity index (χ0n) is 8.79. The van der Waals surface area contributed by atoms with Crippen molar-refractivity contribution in [3.63, 3.8) is 0 Å². The summed E-state index contributed by atoms with van der Waals surface area (Å²) in [6.07, 6.45) is 5.06. The summed E-state index contributed by atoms with van der Waals surface area (Å²) in [5.41, 5.74) is 0. The van der Waals surface area contributed by atoms with Crippen molar-refractivity contribution in [3.8, 4) is 0 Å². The van der Waals surface area contributed by atoms with Crippen LogP contribution < -0.4 is 0 Å². The van der Waals surface area contributed by atoms with E-state index in [0.717, 1.165) is 38.8 Å². The third kappa shape index (κ3) is 9.50. The molecule has 0 bridgehead atoms. The Bertz CT molecular complexity index is 117. The zero-order chi connectivity index (χ0) is 9.94. The maximum Gasteiger partial charge on any atom is 0.119 e. The van der Waals surface area contributed by atoms with E-state index in [9.17, 15) is 4.79 Å². The summed E-state index contributed by atoms with van der Waals surface area (Å²) in [5.74, 6) is 0. The second-order valence-electron chi connectivity index (χ2n) is 3.31. The van der Waals surface area contributed by atoms with Crippen molar-refractivity contribution in [1.82, 2.24) is 4.90 Å². The van der Waals surface area contributed by atoms with Crippen LogP contribution in [0.25, 0.3) is 0 Å². The molecular formula is C10H21NO2. The fourth-order valence-corrected chi connectivity index (χ4v) is 1.15.